The fourth-order valence-electron chi connectivity index (χ4n) is 3.50. The van der Waals surface area contributed by atoms with E-state index in [0.717, 1.165) is 12.1 Å². The fourth-order valence-corrected chi connectivity index (χ4v) is 4.97. The van der Waals surface area contributed by atoms with Crippen LogP contribution in [0.2, 0.25) is 0 Å². The molecule has 1 fully saturated rings. The number of hydrogen-bond donors (Lipinski definition) is 1. The Labute approximate surface area is 185 Å². The van der Waals surface area contributed by atoms with E-state index in [0.29, 0.717) is 36.8 Å². The highest BCUT2D eigenvalue weighted by molar-refractivity contribution is 7.89. The smallest absolute Gasteiger partial charge is 0.317 e. The van der Waals surface area contributed by atoms with E-state index in [-0.39, 0.29) is 44.0 Å². The maximum Gasteiger partial charge on any atom is 0.317 e. The van der Waals surface area contributed by atoms with Crippen LogP contribution < -0.4 is 19.5 Å². The number of hydrogen-bond acceptors (Lipinski definition) is 6. The van der Waals surface area contributed by atoms with E-state index in [9.17, 15) is 17.6 Å². The number of carbonyl (C=O) groups is 1. The van der Waals surface area contributed by atoms with Crippen molar-refractivity contribution in [1.82, 2.24) is 14.5 Å². The van der Waals surface area contributed by atoms with Crippen LogP contribution in [0.4, 0.5) is 9.18 Å². The zero-order valence-corrected chi connectivity index (χ0v) is 18.1. The zero-order chi connectivity index (χ0) is 22.6. The molecule has 0 spiro atoms. The normalized spacial score (nSPS) is 16.5. The molecule has 2 aromatic carbocycles. The number of sulfonamides is 1. The summed E-state index contributed by atoms with van der Waals surface area (Å²) in [5.74, 6) is 1.41. The predicted octanol–water partition coefficient (Wildman–Crippen LogP) is 2.04. The topological polar surface area (TPSA) is 97.4 Å². The minimum atomic E-state index is -3.74. The maximum absolute atomic E-state index is 13.1. The van der Waals surface area contributed by atoms with Crippen molar-refractivity contribution in [2.75, 3.05) is 46.1 Å². The SMILES string of the molecule is O=C(NCCOc1ccc2c(c1)OCO2)N1CCCN(S(=O)(=O)c2ccc(F)cc2)CC1. The molecule has 0 radical (unpaired) electrons. The number of benzene rings is 2. The number of rotatable bonds is 6. The van der Waals surface area contributed by atoms with Gasteiger partial charge < -0.3 is 24.4 Å². The number of urea groups is 1. The lowest BCUT2D eigenvalue weighted by atomic mass is 10.3. The third kappa shape index (κ3) is 5.05. The minimum Gasteiger partial charge on any atom is -0.492 e. The van der Waals surface area contributed by atoms with E-state index in [1.54, 1.807) is 23.1 Å². The molecule has 0 saturated carbocycles. The number of carbonyl (C=O) groups excluding carboxylic acids is 1. The third-order valence-corrected chi connectivity index (χ3v) is 7.10. The van der Waals surface area contributed by atoms with Crippen molar-refractivity contribution in [3.8, 4) is 17.2 Å². The first-order valence-corrected chi connectivity index (χ1v) is 11.7. The van der Waals surface area contributed by atoms with Crippen LogP contribution in [-0.2, 0) is 10.0 Å². The summed E-state index contributed by atoms with van der Waals surface area (Å²) in [5, 5.41) is 2.79. The van der Waals surface area contributed by atoms with Crippen LogP contribution in [0.3, 0.4) is 0 Å². The average Bonchev–Trinajstić information content (AvgIpc) is 3.10. The van der Waals surface area contributed by atoms with E-state index in [1.807, 2.05) is 0 Å². The number of fused-ring (bicyclic) bond motifs is 1. The van der Waals surface area contributed by atoms with Crippen LogP contribution in [0.1, 0.15) is 6.42 Å². The molecule has 0 bridgehead atoms. The molecule has 0 unspecified atom stereocenters. The summed E-state index contributed by atoms with van der Waals surface area (Å²) in [7, 11) is -3.74. The number of ether oxygens (including phenoxy) is 3. The molecule has 2 heterocycles. The third-order valence-electron chi connectivity index (χ3n) is 5.18. The average molecular weight is 466 g/mol. The van der Waals surface area contributed by atoms with Crippen molar-refractivity contribution in [2.45, 2.75) is 11.3 Å². The van der Waals surface area contributed by atoms with Gasteiger partial charge in [-0.1, -0.05) is 0 Å². The van der Waals surface area contributed by atoms with E-state index in [1.165, 1.54) is 16.4 Å². The second kappa shape index (κ2) is 9.61. The van der Waals surface area contributed by atoms with E-state index >= 15 is 0 Å². The first kappa shape index (κ1) is 22.2. The Morgan fingerprint density at radius 2 is 1.81 bits per heavy atom. The van der Waals surface area contributed by atoms with Crippen molar-refractivity contribution >= 4 is 16.1 Å². The Morgan fingerprint density at radius 1 is 1.03 bits per heavy atom. The minimum absolute atomic E-state index is 0.0393. The van der Waals surface area contributed by atoms with Gasteiger partial charge in [-0.2, -0.15) is 4.31 Å². The Bertz CT molecular complexity index is 1060. The lowest BCUT2D eigenvalue weighted by Crippen LogP contribution is -2.43. The molecule has 0 atom stereocenters. The van der Waals surface area contributed by atoms with E-state index in [4.69, 9.17) is 14.2 Å². The summed E-state index contributed by atoms with van der Waals surface area (Å²) >= 11 is 0. The van der Waals surface area contributed by atoms with Crippen LogP contribution in [-0.4, -0.2) is 69.8 Å². The van der Waals surface area contributed by atoms with Gasteiger partial charge in [-0.25, -0.2) is 17.6 Å². The summed E-state index contributed by atoms with van der Waals surface area (Å²) < 4.78 is 56.2. The summed E-state index contributed by atoms with van der Waals surface area (Å²) in [6.07, 6.45) is 0.502. The quantitative estimate of drug-likeness (QED) is 0.656. The van der Waals surface area contributed by atoms with Crippen LogP contribution in [0, 0.1) is 5.82 Å². The standard InChI is InChI=1S/C21H24FN3O6S/c22-16-2-5-18(6-3-16)32(27,28)25-10-1-9-24(11-12-25)21(26)23-8-13-29-17-4-7-19-20(14-17)31-15-30-19/h2-7,14H,1,8-13,15H2,(H,23,26). The number of nitrogens with zero attached hydrogens (tertiary/aromatic N) is 2. The fraction of sp³-hybridized carbons (Fsp3) is 0.381. The van der Waals surface area contributed by atoms with Gasteiger partial charge in [0.15, 0.2) is 11.5 Å². The molecule has 1 N–H and O–H groups in total. The summed E-state index contributed by atoms with van der Waals surface area (Å²) in [4.78, 5) is 14.1. The lowest BCUT2D eigenvalue weighted by Gasteiger charge is -2.22. The maximum atomic E-state index is 13.1. The Hall–Kier alpha value is -3.05. The van der Waals surface area contributed by atoms with Gasteiger partial charge in [0.25, 0.3) is 0 Å². The largest absolute Gasteiger partial charge is 0.492 e. The summed E-state index contributed by atoms with van der Waals surface area (Å²) in [5.41, 5.74) is 0. The molecule has 4 rings (SSSR count). The molecular formula is C21H24FN3O6S. The van der Waals surface area contributed by atoms with Gasteiger partial charge in [-0.3, -0.25) is 0 Å². The first-order chi connectivity index (χ1) is 15.4. The Balaban J connectivity index is 1.24. The monoisotopic (exact) mass is 465 g/mol. The molecule has 1 saturated heterocycles. The van der Waals surface area contributed by atoms with Crippen LogP contribution in [0.5, 0.6) is 17.2 Å². The Kier molecular flexibility index (Phi) is 6.66. The molecule has 2 aliphatic rings. The van der Waals surface area contributed by atoms with Gasteiger partial charge in [-0.05, 0) is 42.8 Å². The van der Waals surface area contributed by atoms with Crippen molar-refractivity contribution in [2.24, 2.45) is 0 Å². The number of amides is 2. The molecular weight excluding hydrogens is 441 g/mol. The molecule has 32 heavy (non-hydrogen) atoms. The highest BCUT2D eigenvalue weighted by Crippen LogP contribution is 2.35. The van der Waals surface area contributed by atoms with E-state index in [2.05, 4.69) is 5.32 Å². The van der Waals surface area contributed by atoms with Crippen LogP contribution in [0.15, 0.2) is 47.4 Å². The van der Waals surface area contributed by atoms with Gasteiger partial charge >= 0.3 is 6.03 Å². The zero-order valence-electron chi connectivity index (χ0n) is 17.3. The summed E-state index contributed by atoms with van der Waals surface area (Å²) in [6.45, 7) is 1.90. The van der Waals surface area contributed by atoms with Crippen molar-refractivity contribution in [3.63, 3.8) is 0 Å². The summed E-state index contributed by atoms with van der Waals surface area (Å²) in [6, 6.07) is 9.72. The molecule has 2 aromatic rings. The molecule has 11 heteroatoms. The molecule has 0 aliphatic carbocycles. The van der Waals surface area contributed by atoms with Gasteiger partial charge in [0, 0.05) is 32.2 Å². The molecule has 9 nitrogen and oxygen atoms in total. The highest BCUT2D eigenvalue weighted by Gasteiger charge is 2.28. The van der Waals surface area contributed by atoms with Gasteiger partial charge in [0.1, 0.15) is 18.2 Å². The first-order valence-electron chi connectivity index (χ1n) is 10.2. The van der Waals surface area contributed by atoms with Crippen molar-refractivity contribution in [3.05, 3.63) is 48.3 Å². The molecule has 0 aromatic heterocycles. The molecule has 172 valence electrons. The number of nitrogens with one attached hydrogen (secondary N) is 1. The van der Waals surface area contributed by atoms with Crippen LogP contribution in [0.25, 0.3) is 0 Å². The van der Waals surface area contributed by atoms with Gasteiger partial charge in [-0.15, -0.1) is 0 Å². The second-order valence-electron chi connectivity index (χ2n) is 7.29. The van der Waals surface area contributed by atoms with Gasteiger partial charge in [0.2, 0.25) is 16.8 Å². The molecule has 2 aliphatic heterocycles. The predicted molar refractivity (Wildman–Crippen MR) is 113 cm³/mol. The number of halogens is 1. The second-order valence-corrected chi connectivity index (χ2v) is 9.23. The van der Waals surface area contributed by atoms with Crippen LogP contribution >= 0.6 is 0 Å². The van der Waals surface area contributed by atoms with Crippen molar-refractivity contribution < 1.29 is 31.8 Å². The van der Waals surface area contributed by atoms with E-state index < -0.39 is 15.8 Å². The lowest BCUT2D eigenvalue weighted by molar-refractivity contribution is 0.173. The molecule has 2 amide bonds. The Morgan fingerprint density at radius 3 is 2.62 bits per heavy atom. The highest BCUT2D eigenvalue weighted by atomic mass is 32.2. The van der Waals surface area contributed by atoms with Crippen molar-refractivity contribution in [1.29, 1.82) is 0 Å². The van der Waals surface area contributed by atoms with Gasteiger partial charge in [0.05, 0.1) is 11.4 Å².